The third kappa shape index (κ3) is 1.31. The van der Waals surface area contributed by atoms with Gasteiger partial charge in [0.25, 0.3) is 0 Å². The van der Waals surface area contributed by atoms with E-state index < -0.39 is 0 Å². The van der Waals surface area contributed by atoms with Gasteiger partial charge in [-0.05, 0) is 12.8 Å². The van der Waals surface area contributed by atoms with Crippen molar-refractivity contribution in [2.45, 2.75) is 26.7 Å². The van der Waals surface area contributed by atoms with Crippen molar-refractivity contribution in [1.29, 1.82) is 0 Å². The van der Waals surface area contributed by atoms with E-state index in [2.05, 4.69) is 23.8 Å². The number of hydrogen-bond donors (Lipinski definition) is 1. The Kier molecular flexibility index (Phi) is 2.23. The molecule has 0 spiro atoms. The van der Waals surface area contributed by atoms with E-state index in [9.17, 15) is 0 Å². The summed E-state index contributed by atoms with van der Waals surface area (Å²) in [4.78, 5) is 4.04. The molecule has 1 N–H and O–H groups in total. The highest BCUT2D eigenvalue weighted by molar-refractivity contribution is 7.26. The van der Waals surface area contributed by atoms with Crippen molar-refractivity contribution in [2.24, 2.45) is 0 Å². The molecule has 0 aromatic carbocycles. The quantitative estimate of drug-likeness (QED) is 0.673. The van der Waals surface area contributed by atoms with E-state index in [1.54, 1.807) is 0 Å². The maximum atomic E-state index is 4.04. The van der Waals surface area contributed by atoms with E-state index in [0.717, 1.165) is 21.2 Å². The Morgan fingerprint density at radius 2 is 2.22 bits per heavy atom. The SMILES string of the molecule is CCc1[nH]npc1CC. The highest BCUT2D eigenvalue weighted by atomic mass is 31.0. The summed E-state index contributed by atoms with van der Waals surface area (Å²) >= 11 is 0. The first-order valence-corrected chi connectivity index (χ1v) is 4.12. The van der Waals surface area contributed by atoms with Crippen LogP contribution in [0.15, 0.2) is 0 Å². The van der Waals surface area contributed by atoms with Gasteiger partial charge < -0.3 is 0 Å². The van der Waals surface area contributed by atoms with E-state index in [1.165, 1.54) is 11.0 Å². The predicted molar refractivity (Wildman–Crippen MR) is 39.9 cm³/mol. The number of nitrogens with zero attached hydrogens (tertiary/aromatic N) is 1. The van der Waals surface area contributed by atoms with Gasteiger partial charge in [-0.2, -0.15) is 4.86 Å². The molecule has 0 bridgehead atoms. The van der Waals surface area contributed by atoms with Crippen molar-refractivity contribution in [3.05, 3.63) is 11.0 Å². The summed E-state index contributed by atoms with van der Waals surface area (Å²) in [6.07, 6.45) is 2.21. The molecule has 0 atom stereocenters. The number of aryl methyl sites for hydroxylation is 2. The molecule has 0 saturated heterocycles. The third-order valence-electron chi connectivity index (χ3n) is 1.39. The molecular weight excluding hydrogens is 131 g/mol. The largest absolute Gasteiger partial charge is 0.278 e. The Balaban J connectivity index is 2.85. The Bertz CT molecular complexity index is 164. The number of H-pyrrole nitrogens is 1. The van der Waals surface area contributed by atoms with Crippen LogP contribution in [0, 0.1) is 0 Å². The normalized spacial score (nSPS) is 10.9. The van der Waals surface area contributed by atoms with Crippen LogP contribution < -0.4 is 0 Å². The molecule has 9 heavy (non-hydrogen) atoms. The molecule has 1 rings (SSSR count). The predicted octanol–water partition coefficient (Wildman–Crippen LogP) is 2.11. The summed E-state index contributed by atoms with van der Waals surface area (Å²) in [6, 6.07) is 0. The molecule has 0 radical (unpaired) electrons. The second-order valence-electron chi connectivity index (χ2n) is 1.94. The minimum Gasteiger partial charge on any atom is -0.278 e. The van der Waals surface area contributed by atoms with Crippen LogP contribution in [0.2, 0.25) is 0 Å². The van der Waals surface area contributed by atoms with Crippen LogP contribution >= 0.6 is 8.35 Å². The molecule has 1 heterocycles. The second kappa shape index (κ2) is 2.98. The highest BCUT2D eigenvalue weighted by Crippen LogP contribution is 2.15. The van der Waals surface area contributed by atoms with Gasteiger partial charge in [0, 0.05) is 11.0 Å². The van der Waals surface area contributed by atoms with Crippen LogP contribution in [-0.2, 0) is 12.8 Å². The molecule has 0 unspecified atom stereocenters. The Morgan fingerprint density at radius 1 is 1.44 bits per heavy atom. The highest BCUT2D eigenvalue weighted by Gasteiger charge is 1.98. The van der Waals surface area contributed by atoms with Crippen molar-refractivity contribution in [3.63, 3.8) is 0 Å². The van der Waals surface area contributed by atoms with Crippen LogP contribution in [-0.4, -0.2) is 9.96 Å². The lowest BCUT2D eigenvalue weighted by molar-refractivity contribution is 0.959. The average molecular weight is 142 g/mol. The van der Waals surface area contributed by atoms with Gasteiger partial charge in [-0.15, -0.1) is 0 Å². The summed E-state index contributed by atoms with van der Waals surface area (Å²) in [5.41, 5.74) is 1.32. The maximum absolute atomic E-state index is 4.04. The molecule has 2 nitrogen and oxygen atoms in total. The summed E-state index contributed by atoms with van der Waals surface area (Å²) < 4.78 is 0. The van der Waals surface area contributed by atoms with Gasteiger partial charge >= 0.3 is 0 Å². The van der Waals surface area contributed by atoms with E-state index >= 15 is 0 Å². The zero-order valence-electron chi connectivity index (χ0n) is 5.81. The first-order valence-electron chi connectivity index (χ1n) is 3.27. The summed E-state index contributed by atoms with van der Waals surface area (Å²) in [5.74, 6) is 0. The standard InChI is InChI=1S/C6H11N2P/c1-3-5-6(4-2)9-8-7-5/h3-4H2,1-2H3,(H,7,8). The molecule has 0 aliphatic rings. The Hall–Kier alpha value is -0.360. The van der Waals surface area contributed by atoms with Crippen LogP contribution in [0.25, 0.3) is 0 Å². The van der Waals surface area contributed by atoms with Crippen LogP contribution in [0.5, 0.6) is 0 Å². The first-order chi connectivity index (χ1) is 4.38. The fourth-order valence-corrected chi connectivity index (χ4v) is 1.60. The van der Waals surface area contributed by atoms with Crippen molar-refractivity contribution < 1.29 is 0 Å². The smallest absolute Gasteiger partial charge is 0.0660 e. The minimum atomic E-state index is 1.08. The van der Waals surface area contributed by atoms with Gasteiger partial charge in [0.1, 0.15) is 0 Å². The number of aromatic nitrogens is 2. The second-order valence-corrected chi connectivity index (χ2v) is 2.88. The van der Waals surface area contributed by atoms with Crippen molar-refractivity contribution in [2.75, 3.05) is 0 Å². The molecule has 0 amide bonds. The molecule has 50 valence electrons. The van der Waals surface area contributed by atoms with E-state index in [0.29, 0.717) is 0 Å². The van der Waals surface area contributed by atoms with Crippen molar-refractivity contribution in [1.82, 2.24) is 9.96 Å². The number of nitrogens with one attached hydrogen (secondary N) is 1. The average Bonchev–Trinajstić information content (AvgIpc) is 2.33. The summed E-state index contributed by atoms with van der Waals surface area (Å²) in [5, 5.41) is 4.44. The van der Waals surface area contributed by atoms with Gasteiger partial charge in [0.2, 0.25) is 0 Å². The van der Waals surface area contributed by atoms with Gasteiger partial charge in [0.05, 0.1) is 8.35 Å². The topological polar surface area (TPSA) is 28.7 Å². The lowest BCUT2D eigenvalue weighted by Gasteiger charge is -1.90. The lowest BCUT2D eigenvalue weighted by atomic mass is 10.2. The molecule has 0 aliphatic carbocycles. The minimum absolute atomic E-state index is 1.08. The van der Waals surface area contributed by atoms with Crippen molar-refractivity contribution >= 4 is 8.35 Å². The molecule has 3 heteroatoms. The number of rotatable bonds is 2. The van der Waals surface area contributed by atoms with Crippen LogP contribution in [0.3, 0.4) is 0 Å². The molecular formula is C6H11N2P. The van der Waals surface area contributed by atoms with Crippen LogP contribution in [0.1, 0.15) is 24.8 Å². The van der Waals surface area contributed by atoms with E-state index in [4.69, 9.17) is 0 Å². The summed E-state index contributed by atoms with van der Waals surface area (Å²) in [7, 11) is 1.12. The zero-order chi connectivity index (χ0) is 6.69. The fraction of sp³-hybridized carbons (Fsp3) is 0.667. The molecule has 0 saturated carbocycles. The Labute approximate surface area is 56.8 Å². The number of aromatic amines is 1. The monoisotopic (exact) mass is 142 g/mol. The van der Waals surface area contributed by atoms with Gasteiger partial charge in [-0.3, -0.25) is 5.10 Å². The first kappa shape index (κ1) is 6.76. The fourth-order valence-electron chi connectivity index (χ4n) is 0.838. The molecule has 1 aromatic rings. The molecule has 1 aromatic heterocycles. The van der Waals surface area contributed by atoms with Gasteiger partial charge in [-0.25, -0.2) is 0 Å². The Morgan fingerprint density at radius 3 is 2.67 bits per heavy atom. The van der Waals surface area contributed by atoms with Crippen molar-refractivity contribution in [3.8, 4) is 0 Å². The van der Waals surface area contributed by atoms with Gasteiger partial charge in [0.15, 0.2) is 0 Å². The lowest BCUT2D eigenvalue weighted by Crippen LogP contribution is -1.84. The molecule has 0 aliphatic heterocycles. The third-order valence-corrected chi connectivity index (χ3v) is 2.42. The number of hydrogen-bond acceptors (Lipinski definition) is 1. The van der Waals surface area contributed by atoms with Gasteiger partial charge in [-0.1, -0.05) is 13.8 Å². The zero-order valence-corrected chi connectivity index (χ0v) is 6.70. The van der Waals surface area contributed by atoms with Crippen LogP contribution in [0.4, 0.5) is 0 Å². The molecule has 0 fully saturated rings. The summed E-state index contributed by atoms with van der Waals surface area (Å²) in [6.45, 7) is 4.31. The van der Waals surface area contributed by atoms with E-state index in [-0.39, 0.29) is 0 Å². The maximum Gasteiger partial charge on any atom is 0.0660 e. The van der Waals surface area contributed by atoms with E-state index in [1.807, 2.05) is 0 Å².